The Labute approximate surface area is 241 Å². The van der Waals surface area contributed by atoms with Gasteiger partial charge in [-0.05, 0) is 49.6 Å². The number of likely N-dealkylation sites (N-methyl/N-ethyl adjacent to an activating group) is 1. The summed E-state index contributed by atoms with van der Waals surface area (Å²) in [6.45, 7) is 10.7. The molecular formula is C32H39N9. The van der Waals surface area contributed by atoms with Crippen LogP contribution in [0, 0.1) is 5.92 Å². The molecule has 6 rings (SSSR count). The van der Waals surface area contributed by atoms with Crippen LogP contribution < -0.4 is 4.90 Å². The second kappa shape index (κ2) is 11.8. The molecule has 1 unspecified atom stereocenters. The van der Waals surface area contributed by atoms with Gasteiger partial charge in [-0.1, -0.05) is 39.7 Å². The molecule has 5 aromatic rings. The Kier molecular flexibility index (Phi) is 7.78. The first-order valence-electron chi connectivity index (χ1n) is 14.8. The average Bonchev–Trinajstić information content (AvgIpc) is 3.63. The Hall–Kier alpha value is -4.11. The van der Waals surface area contributed by atoms with Gasteiger partial charge in [0.2, 0.25) is 0 Å². The Morgan fingerprint density at radius 3 is 2.61 bits per heavy atom. The van der Waals surface area contributed by atoms with Crippen molar-refractivity contribution in [2.45, 2.75) is 46.5 Å². The van der Waals surface area contributed by atoms with Gasteiger partial charge in [-0.3, -0.25) is 20.1 Å². The number of fused-ring (bicyclic) bond motifs is 2. The number of H-pyrrole nitrogens is 2. The molecule has 1 aliphatic heterocycles. The molecule has 2 N–H and O–H groups in total. The number of hydrogen-bond acceptors (Lipinski definition) is 7. The summed E-state index contributed by atoms with van der Waals surface area (Å²) in [5.41, 5.74) is 8.90. The number of anilines is 1. The van der Waals surface area contributed by atoms with Gasteiger partial charge in [0.05, 0.1) is 41.0 Å². The molecule has 5 heterocycles. The lowest BCUT2D eigenvalue weighted by molar-refractivity contribution is 0.313. The maximum Gasteiger partial charge on any atom is 0.159 e. The minimum Gasteiger partial charge on any atom is -0.366 e. The zero-order valence-electron chi connectivity index (χ0n) is 24.5. The van der Waals surface area contributed by atoms with E-state index >= 15 is 0 Å². The molecule has 0 spiro atoms. The first-order valence-corrected chi connectivity index (χ1v) is 14.8. The topological polar surface area (TPSA) is 102 Å². The number of aromatic amines is 2. The van der Waals surface area contributed by atoms with Crippen LogP contribution in [0.1, 0.15) is 46.5 Å². The number of piperazine rings is 1. The van der Waals surface area contributed by atoms with Crippen molar-refractivity contribution in [1.29, 1.82) is 0 Å². The Morgan fingerprint density at radius 2 is 1.80 bits per heavy atom. The molecule has 0 radical (unpaired) electrons. The predicted octanol–water partition coefficient (Wildman–Crippen LogP) is 6.62. The van der Waals surface area contributed by atoms with Gasteiger partial charge in [0.15, 0.2) is 5.82 Å². The van der Waals surface area contributed by atoms with Crippen LogP contribution in [0.15, 0.2) is 54.0 Å². The first kappa shape index (κ1) is 27.1. The normalized spacial score (nSPS) is 15.7. The summed E-state index contributed by atoms with van der Waals surface area (Å²) in [6, 6.07) is 8.47. The fourth-order valence-corrected chi connectivity index (χ4v) is 5.71. The lowest BCUT2D eigenvalue weighted by Gasteiger charge is -2.33. The summed E-state index contributed by atoms with van der Waals surface area (Å²) in [4.78, 5) is 27.3. The van der Waals surface area contributed by atoms with E-state index in [1.807, 2.05) is 24.8 Å². The highest BCUT2D eigenvalue weighted by Gasteiger charge is 2.20. The van der Waals surface area contributed by atoms with E-state index < -0.39 is 0 Å². The van der Waals surface area contributed by atoms with Gasteiger partial charge in [-0.2, -0.15) is 5.10 Å². The highest BCUT2D eigenvalue weighted by molar-refractivity contribution is 5.97. The van der Waals surface area contributed by atoms with Crippen molar-refractivity contribution >= 4 is 39.0 Å². The minimum atomic E-state index is 0.476. The number of aromatic nitrogens is 6. The summed E-state index contributed by atoms with van der Waals surface area (Å²) in [6.07, 6.45) is 12.1. The van der Waals surface area contributed by atoms with Crippen LogP contribution in [0.25, 0.3) is 44.6 Å². The number of nitrogens with zero attached hydrogens (tertiary/aromatic N) is 7. The molecule has 1 aliphatic rings. The summed E-state index contributed by atoms with van der Waals surface area (Å²) in [7, 11) is 2.16. The number of nitrogens with one attached hydrogen (secondary N) is 2. The van der Waals surface area contributed by atoms with E-state index in [9.17, 15) is 0 Å². The molecule has 0 bridgehead atoms. The summed E-state index contributed by atoms with van der Waals surface area (Å²) >= 11 is 0. The van der Waals surface area contributed by atoms with Crippen LogP contribution in [0.2, 0.25) is 0 Å². The molecule has 0 amide bonds. The number of aliphatic imine (C=N–C) groups is 1. The molecular weight excluding hydrogens is 510 g/mol. The van der Waals surface area contributed by atoms with Gasteiger partial charge < -0.3 is 14.8 Å². The van der Waals surface area contributed by atoms with Crippen LogP contribution >= 0.6 is 0 Å². The largest absolute Gasteiger partial charge is 0.366 e. The van der Waals surface area contributed by atoms with Crippen molar-refractivity contribution in [3.8, 4) is 22.6 Å². The number of benzene rings is 1. The number of pyridine rings is 2. The summed E-state index contributed by atoms with van der Waals surface area (Å²) in [5, 5.41) is 8.86. The molecule has 4 aromatic heterocycles. The summed E-state index contributed by atoms with van der Waals surface area (Å²) < 4.78 is 0. The van der Waals surface area contributed by atoms with Gasteiger partial charge in [0.25, 0.3) is 0 Å². The quantitative estimate of drug-likeness (QED) is 0.200. The molecule has 41 heavy (non-hydrogen) atoms. The van der Waals surface area contributed by atoms with Crippen LogP contribution in [-0.4, -0.2) is 74.0 Å². The number of hydrogen-bond donors (Lipinski definition) is 2. The monoisotopic (exact) mass is 549 g/mol. The molecule has 1 aromatic carbocycles. The highest BCUT2D eigenvalue weighted by atomic mass is 15.3. The van der Waals surface area contributed by atoms with E-state index in [0.717, 1.165) is 88.6 Å². The Morgan fingerprint density at radius 1 is 0.976 bits per heavy atom. The van der Waals surface area contributed by atoms with Crippen LogP contribution in [0.3, 0.4) is 0 Å². The van der Waals surface area contributed by atoms with Crippen LogP contribution in [0.4, 0.5) is 11.4 Å². The molecule has 212 valence electrons. The first-order chi connectivity index (χ1) is 20.0. The minimum absolute atomic E-state index is 0.476. The molecule has 1 saturated heterocycles. The second-order valence-corrected chi connectivity index (χ2v) is 11.2. The lowest BCUT2D eigenvalue weighted by atomic mass is 9.97. The fraction of sp³-hybridized carbons (Fsp3) is 0.406. The molecule has 0 saturated carbocycles. The van der Waals surface area contributed by atoms with Gasteiger partial charge in [-0.25, -0.2) is 4.98 Å². The molecule has 1 fully saturated rings. The zero-order valence-corrected chi connectivity index (χ0v) is 24.5. The van der Waals surface area contributed by atoms with Gasteiger partial charge in [0.1, 0.15) is 11.2 Å². The fourth-order valence-electron chi connectivity index (χ4n) is 5.71. The Balaban J connectivity index is 1.33. The maximum absolute atomic E-state index is 5.03. The van der Waals surface area contributed by atoms with Crippen molar-refractivity contribution < 1.29 is 0 Å². The van der Waals surface area contributed by atoms with E-state index in [1.165, 1.54) is 25.0 Å². The number of rotatable bonds is 9. The second-order valence-electron chi connectivity index (χ2n) is 11.2. The predicted molar refractivity (Wildman–Crippen MR) is 168 cm³/mol. The van der Waals surface area contributed by atoms with Crippen molar-refractivity contribution in [2.24, 2.45) is 10.9 Å². The average molecular weight is 550 g/mol. The SMILES string of the molecule is CCCCC(C)C(CC)=Nc1cncc(-c2ccc3[nH]nc(-c4nc5c(N6CCN(C)CC6)cncc5[nH]4)c3c2)c1. The van der Waals surface area contributed by atoms with Crippen molar-refractivity contribution in [1.82, 2.24) is 35.0 Å². The van der Waals surface area contributed by atoms with E-state index in [-0.39, 0.29) is 0 Å². The third-order valence-corrected chi connectivity index (χ3v) is 8.26. The van der Waals surface area contributed by atoms with Crippen molar-refractivity contribution in [3.63, 3.8) is 0 Å². The van der Waals surface area contributed by atoms with E-state index in [1.54, 1.807) is 0 Å². The van der Waals surface area contributed by atoms with Crippen LogP contribution in [-0.2, 0) is 0 Å². The van der Waals surface area contributed by atoms with Gasteiger partial charge in [-0.15, -0.1) is 0 Å². The number of unbranched alkanes of at least 4 members (excludes halogenated alkanes) is 1. The molecule has 0 aliphatic carbocycles. The Bertz CT molecular complexity index is 1670. The van der Waals surface area contributed by atoms with Gasteiger partial charge >= 0.3 is 0 Å². The molecule has 9 heteroatoms. The van der Waals surface area contributed by atoms with Crippen molar-refractivity contribution in [3.05, 3.63) is 49.1 Å². The van der Waals surface area contributed by atoms with Gasteiger partial charge in [0, 0.05) is 49.0 Å². The summed E-state index contributed by atoms with van der Waals surface area (Å²) in [5.74, 6) is 1.21. The van der Waals surface area contributed by atoms with E-state index in [4.69, 9.17) is 9.98 Å². The van der Waals surface area contributed by atoms with E-state index in [2.05, 4.69) is 87.0 Å². The van der Waals surface area contributed by atoms with E-state index in [0.29, 0.717) is 5.92 Å². The molecule has 1 atom stereocenters. The smallest absolute Gasteiger partial charge is 0.159 e. The zero-order chi connectivity index (χ0) is 28.3. The van der Waals surface area contributed by atoms with Crippen molar-refractivity contribution in [2.75, 3.05) is 38.1 Å². The molecule has 9 nitrogen and oxygen atoms in total. The third kappa shape index (κ3) is 5.59. The third-order valence-electron chi connectivity index (χ3n) is 8.26. The standard InChI is InChI=1S/C32H39N9/c1-5-7-8-21(3)26(6-2)35-24-15-23(17-33-18-24)22-9-10-27-25(16-22)30(39-38-27)32-36-28-19-34-20-29(31(28)37-32)41-13-11-40(4)12-14-41/h9-10,15-21H,5-8,11-14H2,1-4H3,(H,36,37)(H,38,39). The van der Waals surface area contributed by atoms with Crippen LogP contribution in [0.5, 0.6) is 0 Å². The number of imidazole rings is 1. The lowest BCUT2D eigenvalue weighted by Crippen LogP contribution is -2.44. The maximum atomic E-state index is 5.03. The highest BCUT2D eigenvalue weighted by Crippen LogP contribution is 2.33.